The molecule has 0 bridgehead atoms. The number of carbonyl (C=O) groups is 1. The lowest BCUT2D eigenvalue weighted by molar-refractivity contribution is 0.112. The van der Waals surface area contributed by atoms with Gasteiger partial charge in [0.05, 0.1) is 10.0 Å². The van der Waals surface area contributed by atoms with Crippen molar-refractivity contribution in [1.82, 2.24) is 4.57 Å². The predicted molar refractivity (Wildman–Crippen MR) is 70.0 cm³/mol. The quantitative estimate of drug-likeness (QED) is 0.772. The summed E-state index contributed by atoms with van der Waals surface area (Å²) in [5.41, 5.74) is 1.82. The van der Waals surface area contributed by atoms with Crippen molar-refractivity contribution in [1.29, 1.82) is 0 Å². The van der Waals surface area contributed by atoms with Crippen LogP contribution in [0.4, 0.5) is 0 Å². The minimum Gasteiger partial charge on any atom is -0.353 e. The molecule has 0 aliphatic rings. The van der Waals surface area contributed by atoms with Crippen molar-refractivity contribution >= 4 is 29.5 Å². The minimum absolute atomic E-state index is 0.569. The summed E-state index contributed by atoms with van der Waals surface area (Å²) in [7, 11) is 0. The third-order valence-electron chi connectivity index (χ3n) is 2.55. The Hall–Kier alpha value is -1.25. The number of aldehydes is 1. The molecule has 0 aliphatic heterocycles. The van der Waals surface area contributed by atoms with Crippen molar-refractivity contribution in [3.63, 3.8) is 0 Å². The van der Waals surface area contributed by atoms with Crippen LogP contribution in [0.2, 0.25) is 10.0 Å². The number of aromatic nitrogens is 1. The van der Waals surface area contributed by atoms with Gasteiger partial charge in [-0.25, -0.2) is 0 Å². The lowest BCUT2D eigenvalue weighted by Crippen LogP contribution is -1.98. The van der Waals surface area contributed by atoms with Gasteiger partial charge in [-0.3, -0.25) is 4.79 Å². The van der Waals surface area contributed by atoms with Crippen molar-refractivity contribution in [3.05, 3.63) is 57.8 Å². The Bertz CT molecular complexity index is 534. The normalized spacial score (nSPS) is 10.5. The third kappa shape index (κ3) is 3.11. The van der Waals surface area contributed by atoms with Crippen molar-refractivity contribution in [2.75, 3.05) is 0 Å². The number of carbonyl (C=O) groups excluding carboxylic acids is 1. The second-order valence-electron chi connectivity index (χ2n) is 3.80. The van der Waals surface area contributed by atoms with E-state index in [9.17, 15) is 4.79 Å². The van der Waals surface area contributed by atoms with Gasteiger partial charge in [0, 0.05) is 24.5 Å². The van der Waals surface area contributed by atoms with E-state index in [-0.39, 0.29) is 0 Å². The van der Waals surface area contributed by atoms with Gasteiger partial charge in [-0.1, -0.05) is 29.3 Å². The molecular weight excluding hydrogens is 257 g/mol. The molecule has 2 aromatic rings. The van der Waals surface area contributed by atoms with Crippen LogP contribution >= 0.6 is 23.2 Å². The first-order valence-corrected chi connectivity index (χ1v) is 5.99. The highest BCUT2D eigenvalue weighted by Gasteiger charge is 2.00. The zero-order valence-corrected chi connectivity index (χ0v) is 10.6. The molecule has 0 amide bonds. The Balaban J connectivity index is 2.01. The molecule has 4 heteroatoms. The van der Waals surface area contributed by atoms with Gasteiger partial charge in [0.1, 0.15) is 0 Å². The van der Waals surface area contributed by atoms with Crippen LogP contribution in [0, 0.1) is 0 Å². The highest BCUT2D eigenvalue weighted by atomic mass is 35.5. The molecule has 1 aromatic carbocycles. The summed E-state index contributed by atoms with van der Waals surface area (Å²) in [5, 5.41) is 1.14. The van der Waals surface area contributed by atoms with Gasteiger partial charge in [0.15, 0.2) is 6.29 Å². The SMILES string of the molecule is O=Cc1ccn(CCc2ccc(Cl)c(Cl)c2)c1. The van der Waals surface area contributed by atoms with Crippen LogP contribution in [0.5, 0.6) is 0 Å². The minimum atomic E-state index is 0.569. The Morgan fingerprint density at radius 1 is 1.18 bits per heavy atom. The van der Waals surface area contributed by atoms with Crippen LogP contribution in [0.1, 0.15) is 15.9 Å². The summed E-state index contributed by atoms with van der Waals surface area (Å²) in [6.07, 6.45) is 5.41. The number of benzene rings is 1. The molecule has 88 valence electrons. The zero-order chi connectivity index (χ0) is 12.3. The van der Waals surface area contributed by atoms with E-state index in [1.165, 1.54) is 0 Å². The molecule has 2 nitrogen and oxygen atoms in total. The van der Waals surface area contributed by atoms with Gasteiger partial charge in [-0.05, 0) is 30.2 Å². The van der Waals surface area contributed by atoms with Crippen molar-refractivity contribution < 1.29 is 4.79 Å². The van der Waals surface area contributed by atoms with Crippen LogP contribution in [0.25, 0.3) is 0 Å². The van der Waals surface area contributed by atoms with Crippen LogP contribution in [-0.2, 0) is 13.0 Å². The molecule has 0 saturated heterocycles. The van der Waals surface area contributed by atoms with E-state index < -0.39 is 0 Å². The van der Waals surface area contributed by atoms with E-state index in [1.807, 2.05) is 29.1 Å². The first-order chi connectivity index (χ1) is 8.19. The Labute approximate surface area is 110 Å². The maximum atomic E-state index is 10.5. The smallest absolute Gasteiger partial charge is 0.151 e. The van der Waals surface area contributed by atoms with Gasteiger partial charge in [-0.15, -0.1) is 0 Å². The van der Waals surface area contributed by atoms with Crippen molar-refractivity contribution in [2.24, 2.45) is 0 Å². The number of hydrogen-bond donors (Lipinski definition) is 0. The summed E-state index contributed by atoms with van der Waals surface area (Å²) in [4.78, 5) is 10.5. The molecule has 0 saturated carbocycles. The number of hydrogen-bond acceptors (Lipinski definition) is 1. The molecule has 0 aliphatic carbocycles. The maximum Gasteiger partial charge on any atom is 0.151 e. The van der Waals surface area contributed by atoms with Gasteiger partial charge in [0.2, 0.25) is 0 Å². The molecule has 0 fully saturated rings. The Kier molecular flexibility index (Phi) is 3.87. The molecular formula is C13H11Cl2NO. The number of nitrogens with zero attached hydrogens (tertiary/aromatic N) is 1. The van der Waals surface area contributed by atoms with Gasteiger partial charge < -0.3 is 4.57 Å². The molecule has 0 radical (unpaired) electrons. The van der Waals surface area contributed by atoms with E-state index in [2.05, 4.69) is 0 Å². The average molecular weight is 268 g/mol. The summed E-state index contributed by atoms with van der Waals surface area (Å²) >= 11 is 11.8. The fourth-order valence-corrected chi connectivity index (χ4v) is 1.94. The molecule has 1 heterocycles. The van der Waals surface area contributed by atoms with E-state index in [4.69, 9.17) is 23.2 Å². The van der Waals surface area contributed by atoms with Crippen LogP contribution in [0.15, 0.2) is 36.7 Å². The Morgan fingerprint density at radius 3 is 2.65 bits per heavy atom. The van der Waals surface area contributed by atoms with E-state index in [0.29, 0.717) is 15.6 Å². The first-order valence-electron chi connectivity index (χ1n) is 5.24. The molecule has 0 unspecified atom stereocenters. The van der Waals surface area contributed by atoms with E-state index in [1.54, 1.807) is 12.1 Å². The second-order valence-corrected chi connectivity index (χ2v) is 4.61. The summed E-state index contributed by atoms with van der Waals surface area (Å²) in [5.74, 6) is 0. The summed E-state index contributed by atoms with van der Waals surface area (Å²) in [6, 6.07) is 7.42. The van der Waals surface area contributed by atoms with Gasteiger partial charge in [-0.2, -0.15) is 0 Å². The average Bonchev–Trinajstić information content (AvgIpc) is 2.79. The second kappa shape index (κ2) is 5.39. The lowest BCUT2D eigenvalue weighted by atomic mass is 10.1. The standard InChI is InChI=1S/C13H11Cl2NO/c14-12-2-1-10(7-13(12)15)3-5-16-6-4-11(8-16)9-17/h1-2,4,6-9H,3,5H2. The highest BCUT2D eigenvalue weighted by Crippen LogP contribution is 2.22. The fraction of sp³-hybridized carbons (Fsp3) is 0.154. The third-order valence-corrected chi connectivity index (χ3v) is 3.29. The summed E-state index contributed by atoms with van der Waals surface area (Å²) in [6.45, 7) is 0.811. The van der Waals surface area contributed by atoms with Crippen LogP contribution in [0.3, 0.4) is 0 Å². The topological polar surface area (TPSA) is 22.0 Å². The maximum absolute atomic E-state index is 10.5. The Morgan fingerprint density at radius 2 is 2.00 bits per heavy atom. The number of aryl methyl sites for hydroxylation is 2. The molecule has 0 N–H and O–H groups in total. The molecule has 0 atom stereocenters. The van der Waals surface area contributed by atoms with Crippen molar-refractivity contribution in [3.8, 4) is 0 Å². The molecule has 1 aromatic heterocycles. The van der Waals surface area contributed by atoms with Crippen LogP contribution in [-0.4, -0.2) is 10.9 Å². The van der Waals surface area contributed by atoms with E-state index >= 15 is 0 Å². The van der Waals surface area contributed by atoms with Crippen LogP contribution < -0.4 is 0 Å². The lowest BCUT2D eigenvalue weighted by Gasteiger charge is -2.04. The fourth-order valence-electron chi connectivity index (χ4n) is 1.62. The summed E-state index contributed by atoms with van der Waals surface area (Å²) < 4.78 is 1.98. The van der Waals surface area contributed by atoms with E-state index in [0.717, 1.165) is 24.8 Å². The highest BCUT2D eigenvalue weighted by molar-refractivity contribution is 6.42. The number of halogens is 2. The monoisotopic (exact) mass is 267 g/mol. The predicted octanol–water partition coefficient (Wildman–Crippen LogP) is 3.85. The van der Waals surface area contributed by atoms with Crippen molar-refractivity contribution in [2.45, 2.75) is 13.0 Å². The molecule has 0 spiro atoms. The molecule has 2 rings (SSSR count). The zero-order valence-electron chi connectivity index (χ0n) is 9.07. The van der Waals surface area contributed by atoms with Gasteiger partial charge in [0.25, 0.3) is 0 Å². The molecule has 17 heavy (non-hydrogen) atoms. The largest absolute Gasteiger partial charge is 0.353 e. The number of rotatable bonds is 4. The first kappa shape index (κ1) is 12.2. The van der Waals surface area contributed by atoms with Gasteiger partial charge >= 0.3 is 0 Å².